The van der Waals surface area contributed by atoms with Crippen molar-refractivity contribution in [2.45, 2.75) is 37.6 Å². The maximum atomic E-state index is 13.5. The number of aromatic nitrogens is 1. The van der Waals surface area contributed by atoms with E-state index >= 15 is 0 Å². The maximum Gasteiger partial charge on any atom is 0.319 e. The number of nitrogens with zero attached hydrogens (tertiary/aromatic N) is 1. The first-order valence-electron chi connectivity index (χ1n) is 10.6. The van der Waals surface area contributed by atoms with Crippen LogP contribution in [-0.2, 0) is 21.4 Å². The number of hydrogen-bond acceptors (Lipinski definition) is 3. The number of hydrogen-bond donors (Lipinski definition) is 1. The number of esters is 1. The number of piperidine rings is 1. The predicted octanol–water partition coefficient (Wildman–Crippen LogP) is 3.18. The zero-order valence-corrected chi connectivity index (χ0v) is 14.3. The molecule has 3 aliphatic heterocycles. The molecule has 130 valence electrons. The van der Waals surface area contributed by atoms with Gasteiger partial charge in [-0.05, 0) is 36.8 Å². The Kier molecular flexibility index (Phi) is 2.57. The Labute approximate surface area is 152 Å². The number of ether oxygens (including phenoxy) is 1. The number of nitrogens with one attached hydrogen (secondary N) is 1. The van der Waals surface area contributed by atoms with E-state index in [2.05, 4.69) is 29.0 Å². The maximum absolute atomic E-state index is 13.5. The van der Waals surface area contributed by atoms with Crippen LogP contribution in [0.2, 0.25) is 0 Å². The number of methoxy groups -OCH3 is 1. The average Bonchev–Trinajstić information content (AvgIpc) is 2.99. The molecule has 1 aliphatic carbocycles. The molecule has 25 heavy (non-hydrogen) atoms. The van der Waals surface area contributed by atoms with E-state index in [1.54, 1.807) is 0 Å². The topological polar surface area (TPSA) is 45.3 Å². The second-order valence-electron chi connectivity index (χ2n) is 7.59. The van der Waals surface area contributed by atoms with Gasteiger partial charge in [0.05, 0.1) is 17.2 Å². The summed E-state index contributed by atoms with van der Waals surface area (Å²) in [5.41, 5.74) is 3.20. The Balaban J connectivity index is 1.78. The van der Waals surface area contributed by atoms with Gasteiger partial charge in [-0.25, -0.2) is 0 Å². The molecule has 1 saturated heterocycles. The lowest BCUT2D eigenvalue weighted by Gasteiger charge is -2.53. The molecule has 0 saturated carbocycles. The zero-order chi connectivity index (χ0) is 19.7. The molecule has 4 nitrogen and oxygen atoms in total. The van der Waals surface area contributed by atoms with Crippen molar-refractivity contribution in [3.05, 3.63) is 47.2 Å². The van der Waals surface area contributed by atoms with E-state index < -0.39 is 18.4 Å². The van der Waals surface area contributed by atoms with Crippen LogP contribution in [0.25, 0.3) is 10.9 Å². The molecule has 4 unspecified atom stereocenters. The van der Waals surface area contributed by atoms with Gasteiger partial charge in [0.25, 0.3) is 0 Å². The van der Waals surface area contributed by atoms with Crippen LogP contribution in [0.15, 0.2) is 35.9 Å². The lowest BCUT2D eigenvalue weighted by molar-refractivity contribution is -0.153. The molecular weight excluding hydrogens is 312 g/mol. The molecule has 0 amide bonds. The molecule has 0 spiro atoms. The van der Waals surface area contributed by atoms with Crippen LogP contribution in [-0.4, -0.2) is 42.0 Å². The predicted molar refractivity (Wildman–Crippen MR) is 97.5 cm³/mol. The van der Waals surface area contributed by atoms with Crippen molar-refractivity contribution in [3.8, 4) is 0 Å². The van der Waals surface area contributed by atoms with Gasteiger partial charge in [-0.1, -0.05) is 36.8 Å². The van der Waals surface area contributed by atoms with E-state index in [4.69, 9.17) is 8.85 Å². The van der Waals surface area contributed by atoms with Crippen LogP contribution in [0, 0.1) is 5.92 Å². The quantitative estimate of drug-likeness (QED) is 0.675. The highest BCUT2D eigenvalue weighted by Crippen LogP contribution is 2.52. The van der Waals surface area contributed by atoms with Gasteiger partial charge in [0.2, 0.25) is 0 Å². The average molecular weight is 339 g/mol. The second-order valence-corrected chi connectivity index (χ2v) is 7.59. The van der Waals surface area contributed by atoms with Gasteiger partial charge in [-0.15, -0.1) is 0 Å². The van der Waals surface area contributed by atoms with Crippen LogP contribution < -0.4 is 0 Å². The summed E-state index contributed by atoms with van der Waals surface area (Å²) in [5, 5.41) is 1.12. The zero-order valence-electron chi connectivity index (χ0n) is 17.3. The number of fused-ring (bicyclic) bond motifs is 3. The molecule has 1 aromatic carbocycles. The van der Waals surface area contributed by atoms with Gasteiger partial charge >= 0.3 is 5.97 Å². The highest BCUT2D eigenvalue weighted by atomic mass is 16.5. The molecule has 6 rings (SSSR count). The highest BCUT2D eigenvalue weighted by Gasteiger charge is 2.60. The summed E-state index contributed by atoms with van der Waals surface area (Å²) in [4.78, 5) is 19.4. The van der Waals surface area contributed by atoms with Gasteiger partial charge in [-0.3, -0.25) is 9.69 Å². The van der Waals surface area contributed by atoms with Crippen LogP contribution in [0.4, 0.5) is 0 Å². The van der Waals surface area contributed by atoms with Crippen molar-refractivity contribution in [3.63, 3.8) is 0 Å². The van der Waals surface area contributed by atoms with E-state index in [0.717, 1.165) is 48.1 Å². The molecule has 1 aromatic heterocycles. The van der Waals surface area contributed by atoms with E-state index in [1.165, 1.54) is 5.57 Å². The summed E-state index contributed by atoms with van der Waals surface area (Å²) in [6.45, 7) is 3.88. The Morgan fingerprint density at radius 3 is 3.20 bits per heavy atom. The third-order valence-electron chi connectivity index (χ3n) is 6.46. The number of aromatic amines is 1. The molecule has 4 aliphatic rings. The first-order valence-corrected chi connectivity index (χ1v) is 9.11. The van der Waals surface area contributed by atoms with Gasteiger partial charge in [-0.2, -0.15) is 0 Å². The van der Waals surface area contributed by atoms with Crippen molar-refractivity contribution in [1.29, 1.82) is 0 Å². The number of carbonyl (C=O) groups excluding carboxylic acids is 1. The van der Waals surface area contributed by atoms with Gasteiger partial charge < -0.3 is 9.72 Å². The van der Waals surface area contributed by atoms with Crippen LogP contribution in [0.5, 0.6) is 0 Å². The third kappa shape index (κ3) is 1.83. The number of benzene rings is 1. The second kappa shape index (κ2) is 5.21. The molecule has 4 heterocycles. The summed E-state index contributed by atoms with van der Waals surface area (Å²) in [7, 11) is -2.75. The fourth-order valence-electron chi connectivity index (χ4n) is 5.62. The van der Waals surface area contributed by atoms with E-state index in [1.807, 2.05) is 18.2 Å². The largest absolute Gasteiger partial charge is 0.468 e. The minimum Gasteiger partial charge on any atom is -0.468 e. The SMILES string of the molecule is [2H]C([2H])([2H])OC(=O)C12CC3C=C(CC)C1N(CCc1c2[nH]c2ccccc12)C3. The first-order chi connectivity index (χ1) is 13.3. The molecule has 1 fully saturated rings. The minimum absolute atomic E-state index is 0.147. The standard InChI is InChI=1S/C21H24N2O2/c1-3-14-10-13-11-21(20(24)25-2)18-16(8-9-23(12-13)19(14)21)15-6-4-5-7-17(15)22-18/h4-7,10,13,19,22H,3,8-9,11-12H2,1-2H3/i2D3. The monoisotopic (exact) mass is 339 g/mol. The van der Waals surface area contributed by atoms with Gasteiger partial charge in [0.15, 0.2) is 0 Å². The molecule has 4 bridgehead atoms. The molecular formula is C21H24N2O2. The van der Waals surface area contributed by atoms with Crippen LogP contribution >= 0.6 is 0 Å². The summed E-state index contributed by atoms with van der Waals surface area (Å²) < 4.78 is 27.7. The van der Waals surface area contributed by atoms with Crippen molar-refractivity contribution in [1.82, 2.24) is 9.88 Å². The van der Waals surface area contributed by atoms with Gasteiger partial charge in [0, 0.05) is 29.7 Å². The number of H-pyrrole nitrogens is 1. The van der Waals surface area contributed by atoms with E-state index in [9.17, 15) is 4.79 Å². The fourth-order valence-corrected chi connectivity index (χ4v) is 5.62. The van der Waals surface area contributed by atoms with Crippen molar-refractivity contribution in [2.75, 3.05) is 20.1 Å². The van der Waals surface area contributed by atoms with Gasteiger partial charge in [0.1, 0.15) is 5.41 Å². The number of carbonyl (C=O) groups is 1. The molecule has 1 N–H and O–H groups in total. The minimum atomic E-state index is -2.75. The summed E-state index contributed by atoms with van der Waals surface area (Å²) in [6, 6.07) is 7.92. The van der Waals surface area contributed by atoms with E-state index in [-0.39, 0.29) is 12.0 Å². The van der Waals surface area contributed by atoms with Crippen LogP contribution in [0.3, 0.4) is 0 Å². The Bertz CT molecular complexity index is 993. The summed E-state index contributed by atoms with van der Waals surface area (Å²) in [5.74, 6) is -0.401. The Morgan fingerprint density at radius 2 is 2.36 bits per heavy atom. The molecule has 4 atom stereocenters. The van der Waals surface area contributed by atoms with Crippen molar-refractivity contribution in [2.24, 2.45) is 5.92 Å². The lowest BCUT2D eigenvalue weighted by Crippen LogP contribution is -2.63. The smallest absolute Gasteiger partial charge is 0.319 e. The van der Waals surface area contributed by atoms with Crippen molar-refractivity contribution >= 4 is 16.9 Å². The Hall–Kier alpha value is -2.07. The molecule has 4 heteroatoms. The third-order valence-corrected chi connectivity index (χ3v) is 6.46. The van der Waals surface area contributed by atoms with Crippen molar-refractivity contribution < 1.29 is 13.6 Å². The Morgan fingerprint density at radius 1 is 1.48 bits per heavy atom. The first kappa shape index (κ1) is 12.3. The normalized spacial score (nSPS) is 35.2. The molecule has 0 radical (unpaired) electrons. The highest BCUT2D eigenvalue weighted by molar-refractivity contribution is 5.92. The summed E-state index contributed by atoms with van der Waals surface area (Å²) in [6.07, 6.45) is 4.57. The number of para-hydroxylation sites is 1. The lowest BCUT2D eigenvalue weighted by atomic mass is 9.60. The fraction of sp³-hybridized carbons (Fsp3) is 0.476. The van der Waals surface area contributed by atoms with E-state index in [0.29, 0.717) is 6.42 Å². The molecule has 2 aromatic rings. The van der Waals surface area contributed by atoms with Crippen LogP contribution in [0.1, 0.15) is 35.1 Å². The number of rotatable bonds is 2. The summed E-state index contributed by atoms with van der Waals surface area (Å²) >= 11 is 0.